The maximum absolute atomic E-state index is 13.5. The molecule has 0 unspecified atom stereocenters. The van der Waals surface area contributed by atoms with Gasteiger partial charge < -0.3 is 4.74 Å². The van der Waals surface area contributed by atoms with E-state index in [1.54, 1.807) is 17.8 Å². The molecule has 4 nitrogen and oxygen atoms in total. The van der Waals surface area contributed by atoms with Gasteiger partial charge in [0.15, 0.2) is 0 Å². The molecule has 1 aliphatic heterocycles. The van der Waals surface area contributed by atoms with Crippen LogP contribution in [0.5, 0.6) is 5.88 Å². The highest BCUT2D eigenvalue weighted by molar-refractivity contribution is 7.10. The lowest BCUT2D eigenvalue weighted by Gasteiger charge is -2.31. The number of thiophene rings is 1. The summed E-state index contributed by atoms with van der Waals surface area (Å²) in [4.78, 5) is 11.9. The molecule has 26 heavy (non-hydrogen) atoms. The molecule has 0 N–H and O–H groups in total. The van der Waals surface area contributed by atoms with Gasteiger partial charge in [0.1, 0.15) is 17.1 Å². The van der Waals surface area contributed by atoms with Crippen molar-refractivity contribution in [1.82, 2.24) is 14.9 Å². The number of halogens is 1. The van der Waals surface area contributed by atoms with Crippen LogP contribution in [0.25, 0.3) is 6.08 Å². The number of nitrogens with zero attached hydrogens (tertiary/aromatic N) is 3. The SMILES string of the molecule is CC(C)(C)Oc1nccnc1CN1CCC(C=Cc2sccc2F)CC1. The van der Waals surface area contributed by atoms with Crippen LogP contribution >= 0.6 is 11.3 Å². The highest BCUT2D eigenvalue weighted by Crippen LogP contribution is 2.25. The van der Waals surface area contributed by atoms with Gasteiger partial charge in [-0.15, -0.1) is 11.3 Å². The molecule has 6 heteroatoms. The zero-order valence-corrected chi connectivity index (χ0v) is 16.4. The molecule has 0 spiro atoms. The van der Waals surface area contributed by atoms with Gasteiger partial charge in [-0.1, -0.05) is 6.08 Å². The van der Waals surface area contributed by atoms with Gasteiger partial charge in [-0.2, -0.15) is 0 Å². The van der Waals surface area contributed by atoms with Gasteiger partial charge in [0.25, 0.3) is 0 Å². The Morgan fingerprint density at radius 3 is 2.65 bits per heavy atom. The minimum atomic E-state index is -0.292. The van der Waals surface area contributed by atoms with Crippen molar-refractivity contribution in [2.45, 2.75) is 45.8 Å². The van der Waals surface area contributed by atoms with Gasteiger partial charge in [-0.05, 0) is 70.1 Å². The zero-order valence-electron chi connectivity index (χ0n) is 15.6. The molecule has 0 atom stereocenters. The van der Waals surface area contributed by atoms with Crippen LogP contribution in [0, 0.1) is 11.7 Å². The monoisotopic (exact) mass is 375 g/mol. The van der Waals surface area contributed by atoms with Crippen molar-refractivity contribution in [2.75, 3.05) is 13.1 Å². The number of piperidine rings is 1. The topological polar surface area (TPSA) is 38.3 Å². The van der Waals surface area contributed by atoms with Crippen LogP contribution in [0.4, 0.5) is 4.39 Å². The Kier molecular flexibility index (Phi) is 6.04. The minimum absolute atomic E-state index is 0.127. The van der Waals surface area contributed by atoms with E-state index >= 15 is 0 Å². The van der Waals surface area contributed by atoms with Gasteiger partial charge in [-0.3, -0.25) is 9.88 Å². The second-order valence-electron chi connectivity index (χ2n) is 7.63. The smallest absolute Gasteiger partial charge is 0.237 e. The highest BCUT2D eigenvalue weighted by atomic mass is 32.1. The predicted molar refractivity (Wildman–Crippen MR) is 104 cm³/mol. The summed E-state index contributed by atoms with van der Waals surface area (Å²) in [6.07, 6.45) is 9.61. The fourth-order valence-electron chi connectivity index (χ4n) is 3.00. The van der Waals surface area contributed by atoms with Crippen molar-refractivity contribution in [3.05, 3.63) is 46.3 Å². The second kappa shape index (κ2) is 8.27. The second-order valence-corrected chi connectivity index (χ2v) is 8.58. The molecule has 3 heterocycles. The Morgan fingerprint density at radius 1 is 1.27 bits per heavy atom. The van der Waals surface area contributed by atoms with Crippen LogP contribution in [0.2, 0.25) is 0 Å². The molecule has 0 aliphatic carbocycles. The van der Waals surface area contributed by atoms with E-state index in [4.69, 9.17) is 4.74 Å². The third-order valence-corrected chi connectivity index (χ3v) is 5.17. The Balaban J connectivity index is 1.55. The average molecular weight is 376 g/mol. The first kappa shape index (κ1) is 19.0. The van der Waals surface area contributed by atoms with Gasteiger partial charge in [0.05, 0.1) is 4.88 Å². The number of aromatic nitrogens is 2. The lowest BCUT2D eigenvalue weighted by atomic mass is 9.96. The summed E-state index contributed by atoms with van der Waals surface area (Å²) in [5.74, 6) is 0.993. The molecule has 1 fully saturated rings. The first-order chi connectivity index (χ1) is 12.4. The van der Waals surface area contributed by atoms with E-state index in [0.29, 0.717) is 11.8 Å². The average Bonchev–Trinajstić information content (AvgIpc) is 3.00. The quantitative estimate of drug-likeness (QED) is 0.754. The number of ether oxygens (including phenoxy) is 1. The van der Waals surface area contributed by atoms with Crippen molar-refractivity contribution >= 4 is 17.4 Å². The number of rotatable bonds is 5. The molecule has 1 saturated heterocycles. The Labute approximate surface area is 158 Å². The van der Waals surface area contributed by atoms with Crippen molar-refractivity contribution in [3.63, 3.8) is 0 Å². The van der Waals surface area contributed by atoms with Crippen molar-refractivity contribution in [2.24, 2.45) is 5.92 Å². The van der Waals surface area contributed by atoms with E-state index in [9.17, 15) is 4.39 Å². The molecule has 3 rings (SSSR count). The molecular weight excluding hydrogens is 349 g/mol. The summed E-state index contributed by atoms with van der Waals surface area (Å²) >= 11 is 1.45. The molecule has 0 amide bonds. The van der Waals surface area contributed by atoms with Crippen LogP contribution in [-0.2, 0) is 6.54 Å². The van der Waals surface area contributed by atoms with Crippen molar-refractivity contribution in [1.29, 1.82) is 0 Å². The number of likely N-dealkylation sites (tertiary alicyclic amines) is 1. The lowest BCUT2D eigenvalue weighted by Crippen LogP contribution is -2.33. The van der Waals surface area contributed by atoms with Crippen LogP contribution in [0.1, 0.15) is 44.2 Å². The molecule has 2 aromatic heterocycles. The van der Waals surface area contributed by atoms with Crippen LogP contribution < -0.4 is 4.74 Å². The summed E-state index contributed by atoms with van der Waals surface area (Å²) in [7, 11) is 0. The fraction of sp³-hybridized carbons (Fsp3) is 0.500. The maximum Gasteiger partial charge on any atom is 0.237 e. The Bertz CT molecular complexity index is 746. The fourth-order valence-corrected chi connectivity index (χ4v) is 3.67. The largest absolute Gasteiger partial charge is 0.471 e. The molecule has 1 aliphatic rings. The molecule has 0 aromatic carbocycles. The first-order valence-electron chi connectivity index (χ1n) is 9.03. The molecule has 2 aromatic rings. The molecule has 0 saturated carbocycles. The minimum Gasteiger partial charge on any atom is -0.471 e. The van der Waals surface area contributed by atoms with E-state index in [0.717, 1.165) is 43.0 Å². The van der Waals surface area contributed by atoms with Gasteiger partial charge >= 0.3 is 0 Å². The summed E-state index contributed by atoms with van der Waals surface area (Å²) in [6.45, 7) is 8.77. The van der Waals surface area contributed by atoms with E-state index in [1.165, 1.54) is 17.4 Å². The predicted octanol–water partition coefficient (Wildman–Crippen LogP) is 4.78. The van der Waals surface area contributed by atoms with Gasteiger partial charge in [-0.25, -0.2) is 9.37 Å². The molecular formula is C20H26FN3OS. The zero-order chi connectivity index (χ0) is 18.6. The normalized spacial score (nSPS) is 17.1. The van der Waals surface area contributed by atoms with Gasteiger partial charge in [0.2, 0.25) is 5.88 Å². The van der Waals surface area contributed by atoms with E-state index in [2.05, 4.69) is 20.9 Å². The third-order valence-electron chi connectivity index (χ3n) is 4.31. The van der Waals surface area contributed by atoms with Crippen LogP contribution in [0.3, 0.4) is 0 Å². The summed E-state index contributed by atoms with van der Waals surface area (Å²) in [5, 5.41) is 1.79. The summed E-state index contributed by atoms with van der Waals surface area (Å²) in [5.41, 5.74) is 0.594. The van der Waals surface area contributed by atoms with E-state index < -0.39 is 0 Å². The van der Waals surface area contributed by atoms with Crippen LogP contribution in [-0.4, -0.2) is 33.6 Å². The van der Waals surface area contributed by atoms with Crippen molar-refractivity contribution < 1.29 is 9.13 Å². The summed E-state index contributed by atoms with van der Waals surface area (Å²) in [6, 6.07) is 1.52. The molecule has 140 valence electrons. The van der Waals surface area contributed by atoms with Crippen molar-refractivity contribution in [3.8, 4) is 5.88 Å². The van der Waals surface area contributed by atoms with E-state index in [1.807, 2.05) is 26.8 Å². The first-order valence-corrected chi connectivity index (χ1v) is 9.91. The Morgan fingerprint density at radius 2 is 2.00 bits per heavy atom. The van der Waals surface area contributed by atoms with E-state index in [-0.39, 0.29) is 11.4 Å². The number of allylic oxidation sites excluding steroid dienone is 1. The lowest BCUT2D eigenvalue weighted by molar-refractivity contribution is 0.117. The van der Waals surface area contributed by atoms with Gasteiger partial charge in [0, 0.05) is 18.9 Å². The standard InChI is InChI=1S/C20H26FN3OS/c1-20(2,3)25-19-17(22-9-10-23-19)14-24-11-6-15(7-12-24)4-5-18-16(21)8-13-26-18/h4-5,8-10,13,15H,6-7,11-12,14H2,1-3H3. The number of hydrogen-bond donors (Lipinski definition) is 0. The van der Waals surface area contributed by atoms with Crippen LogP contribution in [0.15, 0.2) is 29.9 Å². The maximum atomic E-state index is 13.5. The molecule has 0 bridgehead atoms. The molecule has 0 radical (unpaired) electrons. The summed E-state index contributed by atoms with van der Waals surface area (Å²) < 4.78 is 19.4. The highest BCUT2D eigenvalue weighted by Gasteiger charge is 2.21. The third kappa shape index (κ3) is 5.35. The number of hydrogen-bond acceptors (Lipinski definition) is 5. The Hall–Kier alpha value is -1.79.